The van der Waals surface area contributed by atoms with Crippen LogP contribution in [0.15, 0.2) is 16.5 Å². The van der Waals surface area contributed by atoms with Gasteiger partial charge in [-0.25, -0.2) is 0 Å². The molecule has 21 heavy (non-hydrogen) atoms. The molecular formula is C16H21N3O2. The van der Waals surface area contributed by atoms with Crippen LogP contribution in [0.5, 0.6) is 0 Å². The molecule has 0 fully saturated rings. The van der Waals surface area contributed by atoms with Gasteiger partial charge in [0.25, 0.3) is 5.91 Å². The lowest BCUT2D eigenvalue weighted by Crippen LogP contribution is -2.27. The number of furan rings is 1. The zero-order chi connectivity index (χ0) is 14.8. The van der Waals surface area contributed by atoms with Gasteiger partial charge in [0, 0.05) is 24.2 Å². The number of hydrogen-bond acceptors (Lipinski definition) is 3. The van der Waals surface area contributed by atoms with Crippen molar-refractivity contribution in [2.24, 2.45) is 5.92 Å². The average Bonchev–Trinajstić information content (AvgIpc) is 3.04. The first-order valence-corrected chi connectivity index (χ1v) is 7.53. The Kier molecular flexibility index (Phi) is 3.82. The van der Waals surface area contributed by atoms with Crippen molar-refractivity contribution < 1.29 is 9.21 Å². The maximum absolute atomic E-state index is 12.3. The SMILES string of the molecule is Cc1ccc(CCNC(=O)c2n[nH]c3c2CC(C)CC3)o1. The molecule has 2 aromatic rings. The summed E-state index contributed by atoms with van der Waals surface area (Å²) in [6.45, 7) is 4.69. The van der Waals surface area contributed by atoms with Gasteiger partial charge in [0.05, 0.1) is 0 Å². The first-order valence-electron chi connectivity index (χ1n) is 7.53. The molecule has 1 amide bonds. The lowest BCUT2D eigenvalue weighted by Gasteiger charge is -2.17. The third-order valence-electron chi connectivity index (χ3n) is 4.06. The van der Waals surface area contributed by atoms with Gasteiger partial charge >= 0.3 is 0 Å². The largest absolute Gasteiger partial charge is 0.466 e. The summed E-state index contributed by atoms with van der Waals surface area (Å²) >= 11 is 0. The molecule has 0 radical (unpaired) electrons. The van der Waals surface area contributed by atoms with Crippen LogP contribution in [0.25, 0.3) is 0 Å². The highest BCUT2D eigenvalue weighted by Gasteiger charge is 2.24. The number of nitrogens with zero attached hydrogens (tertiary/aromatic N) is 1. The van der Waals surface area contributed by atoms with E-state index in [-0.39, 0.29) is 5.91 Å². The van der Waals surface area contributed by atoms with E-state index in [1.165, 1.54) is 0 Å². The van der Waals surface area contributed by atoms with Gasteiger partial charge in [0.1, 0.15) is 11.5 Å². The van der Waals surface area contributed by atoms with Crippen molar-refractivity contribution in [2.45, 2.75) is 39.5 Å². The van der Waals surface area contributed by atoms with E-state index in [4.69, 9.17) is 4.42 Å². The number of aryl methyl sites for hydroxylation is 2. The fourth-order valence-corrected chi connectivity index (χ4v) is 2.86. The second-order valence-corrected chi connectivity index (χ2v) is 5.90. The number of carbonyl (C=O) groups excluding carboxylic acids is 1. The van der Waals surface area contributed by atoms with Gasteiger partial charge in [-0.1, -0.05) is 6.92 Å². The minimum absolute atomic E-state index is 0.0927. The third-order valence-corrected chi connectivity index (χ3v) is 4.06. The lowest BCUT2D eigenvalue weighted by molar-refractivity contribution is 0.0947. The van der Waals surface area contributed by atoms with Gasteiger partial charge in [0.15, 0.2) is 5.69 Å². The molecule has 1 unspecified atom stereocenters. The molecule has 5 heteroatoms. The highest BCUT2D eigenvalue weighted by molar-refractivity contribution is 5.94. The molecule has 2 heterocycles. The van der Waals surface area contributed by atoms with Gasteiger partial charge in [-0.3, -0.25) is 9.89 Å². The van der Waals surface area contributed by atoms with E-state index in [9.17, 15) is 4.79 Å². The summed E-state index contributed by atoms with van der Waals surface area (Å²) in [5.74, 6) is 2.31. The Bertz CT molecular complexity index is 642. The standard InChI is InChI=1S/C16H21N3O2/c1-10-3-6-14-13(9-10)15(19-18-14)16(20)17-8-7-12-5-4-11(2)21-12/h4-5,10H,3,6-9H2,1-2H3,(H,17,20)(H,18,19). The molecule has 2 aromatic heterocycles. The van der Waals surface area contributed by atoms with Crippen molar-refractivity contribution >= 4 is 5.91 Å². The van der Waals surface area contributed by atoms with Crippen molar-refractivity contribution in [3.63, 3.8) is 0 Å². The van der Waals surface area contributed by atoms with Crippen LogP contribution >= 0.6 is 0 Å². The highest BCUT2D eigenvalue weighted by atomic mass is 16.3. The maximum Gasteiger partial charge on any atom is 0.272 e. The average molecular weight is 287 g/mol. The van der Waals surface area contributed by atoms with Gasteiger partial charge in [-0.15, -0.1) is 0 Å². The number of nitrogens with one attached hydrogen (secondary N) is 2. The van der Waals surface area contributed by atoms with Crippen LogP contribution in [0, 0.1) is 12.8 Å². The van der Waals surface area contributed by atoms with Crippen LogP contribution in [-0.4, -0.2) is 22.6 Å². The minimum atomic E-state index is -0.0927. The third kappa shape index (κ3) is 3.01. The molecule has 1 aliphatic rings. The topological polar surface area (TPSA) is 70.9 Å². The van der Waals surface area contributed by atoms with Crippen LogP contribution in [-0.2, 0) is 19.3 Å². The van der Waals surface area contributed by atoms with Crippen molar-refractivity contribution in [3.8, 4) is 0 Å². The van der Waals surface area contributed by atoms with Crippen molar-refractivity contribution in [1.82, 2.24) is 15.5 Å². The summed E-state index contributed by atoms with van der Waals surface area (Å²) in [6, 6.07) is 3.88. The Morgan fingerprint density at radius 2 is 2.38 bits per heavy atom. The number of fused-ring (bicyclic) bond motifs is 1. The van der Waals surface area contributed by atoms with E-state index in [2.05, 4.69) is 22.4 Å². The van der Waals surface area contributed by atoms with Crippen LogP contribution < -0.4 is 5.32 Å². The predicted octanol–water partition coefficient (Wildman–Crippen LogP) is 2.41. The summed E-state index contributed by atoms with van der Waals surface area (Å²) in [7, 11) is 0. The van der Waals surface area contributed by atoms with E-state index in [0.717, 1.165) is 42.0 Å². The number of carbonyl (C=O) groups is 1. The van der Waals surface area contributed by atoms with E-state index < -0.39 is 0 Å². The van der Waals surface area contributed by atoms with Crippen LogP contribution in [0.3, 0.4) is 0 Å². The lowest BCUT2D eigenvalue weighted by atomic mass is 9.87. The van der Waals surface area contributed by atoms with Crippen LogP contribution in [0.1, 0.15) is 46.6 Å². The molecule has 0 aliphatic heterocycles. The summed E-state index contributed by atoms with van der Waals surface area (Å²) in [5, 5.41) is 10.1. The first kappa shape index (κ1) is 13.9. The molecule has 0 bridgehead atoms. The molecule has 3 rings (SSSR count). The Morgan fingerprint density at radius 1 is 1.52 bits per heavy atom. The quantitative estimate of drug-likeness (QED) is 0.907. The summed E-state index contributed by atoms with van der Waals surface area (Å²) < 4.78 is 5.49. The molecule has 0 spiro atoms. The number of hydrogen-bond donors (Lipinski definition) is 2. The number of aromatic nitrogens is 2. The Morgan fingerprint density at radius 3 is 3.14 bits per heavy atom. The summed E-state index contributed by atoms with van der Waals surface area (Å²) in [6.07, 6.45) is 3.78. The van der Waals surface area contributed by atoms with E-state index in [1.54, 1.807) is 0 Å². The fraction of sp³-hybridized carbons (Fsp3) is 0.500. The molecule has 0 saturated heterocycles. The maximum atomic E-state index is 12.3. The number of H-pyrrole nitrogens is 1. The number of aromatic amines is 1. The molecule has 1 aliphatic carbocycles. The molecule has 2 N–H and O–H groups in total. The first-order chi connectivity index (χ1) is 10.1. The summed E-state index contributed by atoms with van der Waals surface area (Å²) in [4.78, 5) is 12.3. The predicted molar refractivity (Wildman–Crippen MR) is 79.3 cm³/mol. The summed E-state index contributed by atoms with van der Waals surface area (Å²) in [5.41, 5.74) is 2.78. The second kappa shape index (κ2) is 5.76. The van der Waals surface area contributed by atoms with Crippen LogP contribution in [0.4, 0.5) is 0 Å². The Labute approximate surface area is 124 Å². The normalized spacial score (nSPS) is 17.5. The van der Waals surface area contributed by atoms with Gasteiger partial charge in [-0.05, 0) is 44.2 Å². The smallest absolute Gasteiger partial charge is 0.272 e. The van der Waals surface area contributed by atoms with Gasteiger partial charge in [0.2, 0.25) is 0 Å². The van der Waals surface area contributed by atoms with Gasteiger partial charge < -0.3 is 9.73 Å². The van der Waals surface area contributed by atoms with Crippen molar-refractivity contribution in [3.05, 3.63) is 40.6 Å². The molecular weight excluding hydrogens is 266 g/mol. The fourth-order valence-electron chi connectivity index (χ4n) is 2.86. The molecule has 5 nitrogen and oxygen atoms in total. The monoisotopic (exact) mass is 287 g/mol. The zero-order valence-corrected chi connectivity index (χ0v) is 12.5. The Balaban J connectivity index is 1.60. The molecule has 112 valence electrons. The van der Waals surface area contributed by atoms with Gasteiger partial charge in [-0.2, -0.15) is 5.10 Å². The molecule has 0 saturated carbocycles. The van der Waals surface area contributed by atoms with Crippen molar-refractivity contribution in [1.29, 1.82) is 0 Å². The molecule has 0 aromatic carbocycles. The zero-order valence-electron chi connectivity index (χ0n) is 12.5. The van der Waals surface area contributed by atoms with E-state index >= 15 is 0 Å². The van der Waals surface area contributed by atoms with E-state index in [0.29, 0.717) is 24.6 Å². The molecule has 1 atom stereocenters. The van der Waals surface area contributed by atoms with Crippen molar-refractivity contribution in [2.75, 3.05) is 6.54 Å². The second-order valence-electron chi connectivity index (χ2n) is 5.90. The number of rotatable bonds is 4. The number of amides is 1. The van der Waals surface area contributed by atoms with E-state index in [1.807, 2.05) is 19.1 Å². The van der Waals surface area contributed by atoms with Crippen LogP contribution in [0.2, 0.25) is 0 Å². The minimum Gasteiger partial charge on any atom is -0.466 e. The highest BCUT2D eigenvalue weighted by Crippen LogP contribution is 2.26. The Hall–Kier alpha value is -2.04.